The SMILES string of the molecule is CCN(CCCO)C(=O)C1=Cc2cc(Cl)ccc2OC1. The van der Waals surface area contributed by atoms with Crippen LogP contribution in [0.3, 0.4) is 0 Å². The molecule has 1 aliphatic heterocycles. The quantitative estimate of drug-likeness (QED) is 0.907. The van der Waals surface area contributed by atoms with Gasteiger partial charge in [-0.2, -0.15) is 0 Å². The number of likely N-dealkylation sites (N-methyl/N-ethyl adjacent to an activating group) is 1. The van der Waals surface area contributed by atoms with Crippen LogP contribution in [-0.2, 0) is 4.79 Å². The maximum atomic E-state index is 12.4. The number of rotatable bonds is 5. The summed E-state index contributed by atoms with van der Waals surface area (Å²) in [7, 11) is 0. The van der Waals surface area contributed by atoms with Crippen LogP contribution in [0.15, 0.2) is 23.8 Å². The monoisotopic (exact) mass is 295 g/mol. The lowest BCUT2D eigenvalue weighted by Crippen LogP contribution is -2.35. The summed E-state index contributed by atoms with van der Waals surface area (Å²) in [5.41, 5.74) is 1.44. The van der Waals surface area contributed by atoms with E-state index in [-0.39, 0.29) is 19.1 Å². The fraction of sp³-hybridized carbons (Fsp3) is 0.400. The minimum atomic E-state index is -0.0495. The minimum absolute atomic E-state index is 0.0495. The van der Waals surface area contributed by atoms with Gasteiger partial charge in [0.1, 0.15) is 12.4 Å². The van der Waals surface area contributed by atoms with Crippen LogP contribution in [0.2, 0.25) is 5.02 Å². The summed E-state index contributed by atoms with van der Waals surface area (Å²) in [6.07, 6.45) is 2.41. The van der Waals surface area contributed by atoms with E-state index >= 15 is 0 Å². The highest BCUT2D eigenvalue weighted by molar-refractivity contribution is 6.30. The third-order valence-corrected chi connectivity index (χ3v) is 3.45. The zero-order valence-corrected chi connectivity index (χ0v) is 12.2. The van der Waals surface area contributed by atoms with Gasteiger partial charge in [0.15, 0.2) is 0 Å². The van der Waals surface area contributed by atoms with Gasteiger partial charge < -0.3 is 14.7 Å². The first-order valence-corrected chi connectivity index (χ1v) is 7.06. The molecule has 1 aliphatic rings. The van der Waals surface area contributed by atoms with Gasteiger partial charge in [-0.05, 0) is 37.6 Å². The number of carbonyl (C=O) groups is 1. The molecule has 1 amide bonds. The predicted molar refractivity (Wildman–Crippen MR) is 78.9 cm³/mol. The Kier molecular flexibility index (Phi) is 5.04. The molecule has 0 aliphatic carbocycles. The topological polar surface area (TPSA) is 49.8 Å². The van der Waals surface area contributed by atoms with Crippen molar-refractivity contribution in [1.29, 1.82) is 0 Å². The van der Waals surface area contributed by atoms with E-state index in [0.29, 0.717) is 30.1 Å². The molecule has 108 valence electrons. The first-order valence-electron chi connectivity index (χ1n) is 6.68. The van der Waals surface area contributed by atoms with E-state index in [1.54, 1.807) is 23.1 Å². The highest BCUT2D eigenvalue weighted by atomic mass is 35.5. The Hall–Kier alpha value is -1.52. The number of carbonyl (C=O) groups excluding carboxylic acids is 1. The second kappa shape index (κ2) is 6.77. The molecule has 1 aromatic rings. The van der Waals surface area contributed by atoms with E-state index in [1.165, 1.54) is 0 Å². The number of ether oxygens (including phenoxy) is 1. The number of aliphatic hydroxyl groups excluding tert-OH is 1. The van der Waals surface area contributed by atoms with Crippen LogP contribution >= 0.6 is 11.6 Å². The van der Waals surface area contributed by atoms with E-state index in [0.717, 1.165) is 11.3 Å². The number of fused-ring (bicyclic) bond motifs is 1. The molecule has 0 bridgehead atoms. The Morgan fingerprint density at radius 1 is 1.50 bits per heavy atom. The van der Waals surface area contributed by atoms with Crippen LogP contribution in [0, 0.1) is 0 Å². The van der Waals surface area contributed by atoms with Gasteiger partial charge in [-0.15, -0.1) is 0 Å². The Morgan fingerprint density at radius 3 is 3.00 bits per heavy atom. The van der Waals surface area contributed by atoms with Crippen LogP contribution < -0.4 is 4.74 Å². The van der Waals surface area contributed by atoms with Crippen molar-refractivity contribution in [3.8, 4) is 5.75 Å². The molecule has 20 heavy (non-hydrogen) atoms. The number of hydrogen-bond acceptors (Lipinski definition) is 3. The summed E-state index contributed by atoms with van der Waals surface area (Å²) in [6, 6.07) is 5.35. The van der Waals surface area contributed by atoms with E-state index in [4.69, 9.17) is 21.4 Å². The molecule has 2 rings (SSSR count). The Balaban J connectivity index is 2.18. The van der Waals surface area contributed by atoms with E-state index in [9.17, 15) is 4.79 Å². The molecule has 0 atom stereocenters. The average molecular weight is 296 g/mol. The molecular weight excluding hydrogens is 278 g/mol. The summed E-state index contributed by atoms with van der Waals surface area (Å²) in [5, 5.41) is 9.49. The summed E-state index contributed by atoms with van der Waals surface area (Å²) >= 11 is 5.95. The first-order chi connectivity index (χ1) is 9.65. The highest BCUT2D eigenvalue weighted by Crippen LogP contribution is 2.29. The molecule has 0 radical (unpaired) electrons. The number of aliphatic hydroxyl groups is 1. The second-order valence-corrected chi connectivity index (χ2v) is 5.04. The zero-order valence-electron chi connectivity index (χ0n) is 11.4. The van der Waals surface area contributed by atoms with Crippen LogP contribution in [0.5, 0.6) is 5.75 Å². The van der Waals surface area contributed by atoms with Crippen molar-refractivity contribution in [2.75, 3.05) is 26.3 Å². The average Bonchev–Trinajstić information content (AvgIpc) is 2.47. The molecule has 1 N–H and O–H groups in total. The molecular formula is C15H18ClNO3. The van der Waals surface area contributed by atoms with Crippen molar-refractivity contribution < 1.29 is 14.6 Å². The van der Waals surface area contributed by atoms with Gasteiger partial charge in [0, 0.05) is 30.3 Å². The van der Waals surface area contributed by atoms with Gasteiger partial charge in [0.05, 0.1) is 5.57 Å². The highest BCUT2D eigenvalue weighted by Gasteiger charge is 2.21. The van der Waals surface area contributed by atoms with Crippen LogP contribution in [0.1, 0.15) is 18.9 Å². The summed E-state index contributed by atoms with van der Waals surface area (Å²) in [6.45, 7) is 3.43. The van der Waals surface area contributed by atoms with E-state index in [1.807, 2.05) is 13.0 Å². The molecule has 0 unspecified atom stereocenters. The smallest absolute Gasteiger partial charge is 0.253 e. The number of halogens is 1. The predicted octanol–water partition coefficient (Wildman–Crippen LogP) is 2.35. The molecule has 1 heterocycles. The van der Waals surface area contributed by atoms with E-state index < -0.39 is 0 Å². The number of hydrogen-bond donors (Lipinski definition) is 1. The van der Waals surface area contributed by atoms with E-state index in [2.05, 4.69) is 0 Å². The van der Waals surface area contributed by atoms with Gasteiger partial charge in [0.25, 0.3) is 5.91 Å². The first kappa shape index (κ1) is 14.9. The third kappa shape index (κ3) is 3.32. The van der Waals surface area contributed by atoms with Crippen LogP contribution in [0.25, 0.3) is 6.08 Å². The van der Waals surface area contributed by atoms with Gasteiger partial charge in [-0.3, -0.25) is 4.79 Å². The summed E-state index contributed by atoms with van der Waals surface area (Å²) < 4.78 is 5.59. The van der Waals surface area contributed by atoms with Crippen molar-refractivity contribution in [3.05, 3.63) is 34.4 Å². The van der Waals surface area contributed by atoms with Gasteiger partial charge in [0.2, 0.25) is 0 Å². The molecule has 0 spiro atoms. The Morgan fingerprint density at radius 2 is 2.30 bits per heavy atom. The Bertz CT molecular complexity index is 528. The standard InChI is InChI=1S/C15H18ClNO3/c1-2-17(6-3-7-18)15(19)12-8-11-9-13(16)4-5-14(11)20-10-12/h4-5,8-9,18H,2-3,6-7,10H2,1H3. The number of benzene rings is 1. The second-order valence-electron chi connectivity index (χ2n) is 4.60. The minimum Gasteiger partial charge on any atom is -0.488 e. The molecule has 0 fully saturated rings. The van der Waals surface area contributed by atoms with Crippen molar-refractivity contribution in [3.63, 3.8) is 0 Å². The maximum Gasteiger partial charge on any atom is 0.253 e. The maximum absolute atomic E-state index is 12.4. The lowest BCUT2D eigenvalue weighted by Gasteiger charge is -2.24. The molecule has 0 aromatic heterocycles. The Labute approximate surface area is 123 Å². The third-order valence-electron chi connectivity index (χ3n) is 3.21. The molecule has 0 saturated carbocycles. The van der Waals surface area contributed by atoms with Crippen molar-refractivity contribution in [2.24, 2.45) is 0 Å². The molecule has 1 aromatic carbocycles. The van der Waals surface area contributed by atoms with Crippen LogP contribution in [-0.4, -0.2) is 42.2 Å². The van der Waals surface area contributed by atoms with Gasteiger partial charge in [-0.1, -0.05) is 11.6 Å². The summed E-state index contributed by atoms with van der Waals surface area (Å²) in [5.74, 6) is 0.691. The largest absolute Gasteiger partial charge is 0.488 e. The molecule has 0 saturated heterocycles. The zero-order chi connectivity index (χ0) is 14.5. The van der Waals surface area contributed by atoms with Gasteiger partial charge >= 0.3 is 0 Å². The van der Waals surface area contributed by atoms with Crippen molar-refractivity contribution in [1.82, 2.24) is 4.90 Å². The number of nitrogens with zero attached hydrogens (tertiary/aromatic N) is 1. The molecule has 4 nitrogen and oxygen atoms in total. The lowest BCUT2D eigenvalue weighted by atomic mass is 10.1. The summed E-state index contributed by atoms with van der Waals surface area (Å²) in [4.78, 5) is 14.1. The van der Waals surface area contributed by atoms with Gasteiger partial charge in [-0.25, -0.2) is 0 Å². The number of amides is 1. The normalized spacial score (nSPS) is 13.2. The fourth-order valence-electron chi connectivity index (χ4n) is 2.14. The van der Waals surface area contributed by atoms with Crippen molar-refractivity contribution in [2.45, 2.75) is 13.3 Å². The fourth-order valence-corrected chi connectivity index (χ4v) is 2.32. The van der Waals surface area contributed by atoms with Crippen LogP contribution in [0.4, 0.5) is 0 Å². The van der Waals surface area contributed by atoms with Crippen molar-refractivity contribution >= 4 is 23.6 Å². The molecule has 5 heteroatoms. The lowest BCUT2D eigenvalue weighted by molar-refractivity contribution is -0.127.